The molecule has 0 saturated heterocycles. The molecule has 1 unspecified atom stereocenters. The lowest BCUT2D eigenvalue weighted by atomic mass is 9.91. The molecule has 0 fully saturated rings. The van der Waals surface area contributed by atoms with Crippen molar-refractivity contribution >= 4 is 17.6 Å². The van der Waals surface area contributed by atoms with Crippen LogP contribution < -0.4 is 26.6 Å². The first-order valence-corrected chi connectivity index (χ1v) is 9.50. The van der Waals surface area contributed by atoms with Gasteiger partial charge in [-0.05, 0) is 48.5 Å². The van der Waals surface area contributed by atoms with Gasteiger partial charge < -0.3 is 15.4 Å². The van der Waals surface area contributed by atoms with Crippen LogP contribution in [0.2, 0.25) is 0 Å². The van der Waals surface area contributed by atoms with Gasteiger partial charge >= 0.3 is 11.9 Å². The third-order valence-corrected chi connectivity index (χ3v) is 5.22. The molecule has 0 bridgehead atoms. The Morgan fingerprint density at radius 1 is 1.03 bits per heavy atom. The summed E-state index contributed by atoms with van der Waals surface area (Å²) in [6.07, 6.45) is -5.50. The number of methoxy groups -OCH3 is 1. The molecule has 1 aliphatic heterocycles. The summed E-state index contributed by atoms with van der Waals surface area (Å²) in [4.78, 5) is 52.3. The number of aromatic nitrogens is 2. The first-order chi connectivity index (χ1) is 16.0. The van der Waals surface area contributed by atoms with Crippen LogP contribution in [0.5, 0.6) is 5.75 Å². The van der Waals surface area contributed by atoms with E-state index in [1.165, 1.54) is 19.2 Å². The van der Waals surface area contributed by atoms with Gasteiger partial charge in [-0.25, -0.2) is 13.8 Å². The third kappa shape index (κ3) is 3.41. The van der Waals surface area contributed by atoms with Crippen LogP contribution in [0, 0.1) is 5.82 Å². The summed E-state index contributed by atoms with van der Waals surface area (Å²) in [7, 11) is 1.35. The zero-order valence-corrected chi connectivity index (χ0v) is 17.1. The summed E-state index contributed by atoms with van der Waals surface area (Å²) in [5.74, 6) is -4.30. The zero-order valence-electron chi connectivity index (χ0n) is 17.1. The number of carbonyl (C=O) groups excluding carboxylic acids is 2. The van der Waals surface area contributed by atoms with Crippen LogP contribution in [0.1, 0.15) is 15.9 Å². The normalized spacial score (nSPS) is 17.1. The van der Waals surface area contributed by atoms with E-state index in [1.54, 1.807) is 10.3 Å². The fraction of sp³-hybridized carbons (Fsp3) is 0.143. The quantitative estimate of drug-likeness (QED) is 0.494. The number of nitrogens with one attached hydrogen (secondary N) is 3. The van der Waals surface area contributed by atoms with Crippen molar-refractivity contribution in [1.29, 1.82) is 0 Å². The number of nitrogens with zero attached hydrogens (tertiary/aromatic N) is 1. The van der Waals surface area contributed by atoms with E-state index in [4.69, 9.17) is 4.74 Å². The molecule has 34 heavy (non-hydrogen) atoms. The second kappa shape index (κ2) is 7.86. The molecule has 0 saturated carbocycles. The summed E-state index contributed by atoms with van der Waals surface area (Å²) in [5, 5.41) is 3.52. The Kier molecular flexibility index (Phi) is 5.26. The van der Waals surface area contributed by atoms with Crippen molar-refractivity contribution in [3.05, 3.63) is 86.3 Å². The Labute approximate surface area is 187 Å². The van der Waals surface area contributed by atoms with Gasteiger partial charge in [0.1, 0.15) is 22.9 Å². The lowest BCUT2D eigenvalue weighted by Gasteiger charge is -2.30. The van der Waals surface area contributed by atoms with Gasteiger partial charge in [0.2, 0.25) is 0 Å². The smallest absolute Gasteiger partial charge is 0.425 e. The predicted octanol–water partition coefficient (Wildman–Crippen LogP) is 1.81. The van der Waals surface area contributed by atoms with Gasteiger partial charge in [0.15, 0.2) is 0 Å². The first kappa shape index (κ1) is 22.8. The number of halogens is 4. The predicted molar refractivity (Wildman–Crippen MR) is 109 cm³/mol. The van der Waals surface area contributed by atoms with E-state index in [0.29, 0.717) is 10.3 Å². The second-order valence-corrected chi connectivity index (χ2v) is 7.18. The Balaban J connectivity index is 1.93. The van der Waals surface area contributed by atoms with Crippen LogP contribution in [0.4, 0.5) is 23.4 Å². The highest BCUT2D eigenvalue weighted by Crippen LogP contribution is 2.45. The molecular formula is C21H14F4N4O5. The van der Waals surface area contributed by atoms with Gasteiger partial charge in [0.05, 0.1) is 12.8 Å². The molecule has 2 aromatic carbocycles. The molecule has 1 aromatic heterocycles. The summed E-state index contributed by atoms with van der Waals surface area (Å²) in [6.45, 7) is 0. The number of benzene rings is 2. The highest BCUT2D eigenvalue weighted by molar-refractivity contribution is 6.09. The summed E-state index contributed by atoms with van der Waals surface area (Å²) in [6, 6.07) is 8.94. The number of ether oxygens (including phenoxy) is 1. The number of H-pyrrole nitrogens is 1. The molecule has 0 spiro atoms. The second-order valence-electron chi connectivity index (χ2n) is 7.18. The van der Waals surface area contributed by atoms with E-state index in [9.17, 15) is 36.7 Å². The lowest BCUT2D eigenvalue weighted by Crippen LogP contribution is -2.62. The topological polar surface area (TPSA) is 122 Å². The SMILES string of the molecule is COc1ccc(C(=O)NC2(C(F)(F)F)C(=O)Nc3c2c(=O)[nH]c(=O)n3-c2ccc(F)cc2)cc1. The molecule has 9 nitrogen and oxygen atoms in total. The minimum atomic E-state index is -5.50. The van der Waals surface area contributed by atoms with Crippen LogP contribution in [-0.2, 0) is 10.3 Å². The number of amides is 2. The molecule has 3 N–H and O–H groups in total. The lowest BCUT2D eigenvalue weighted by molar-refractivity contribution is -0.196. The van der Waals surface area contributed by atoms with E-state index in [0.717, 1.165) is 36.4 Å². The van der Waals surface area contributed by atoms with Crippen LogP contribution in [0.3, 0.4) is 0 Å². The Morgan fingerprint density at radius 2 is 1.65 bits per heavy atom. The van der Waals surface area contributed by atoms with Gasteiger partial charge in [-0.15, -0.1) is 0 Å². The van der Waals surface area contributed by atoms with Crippen molar-refractivity contribution < 1.29 is 31.9 Å². The van der Waals surface area contributed by atoms with Crippen LogP contribution in [-0.4, -0.2) is 34.7 Å². The van der Waals surface area contributed by atoms with Crippen molar-refractivity contribution in [1.82, 2.24) is 14.9 Å². The molecule has 3 aromatic rings. The minimum absolute atomic E-state index is 0.140. The average Bonchev–Trinajstić information content (AvgIpc) is 3.08. The number of alkyl halides is 3. The molecule has 176 valence electrons. The summed E-state index contributed by atoms with van der Waals surface area (Å²) < 4.78 is 62.1. The van der Waals surface area contributed by atoms with Gasteiger partial charge in [0, 0.05) is 5.56 Å². The molecule has 1 aliphatic rings. The van der Waals surface area contributed by atoms with E-state index < -0.39 is 52.0 Å². The fourth-order valence-corrected chi connectivity index (χ4v) is 3.60. The van der Waals surface area contributed by atoms with Gasteiger partial charge in [0.25, 0.3) is 22.9 Å². The number of carbonyl (C=O) groups is 2. The molecule has 2 heterocycles. The fourth-order valence-electron chi connectivity index (χ4n) is 3.60. The third-order valence-electron chi connectivity index (χ3n) is 5.22. The molecule has 1 atom stereocenters. The van der Waals surface area contributed by atoms with Crippen molar-refractivity contribution in [2.45, 2.75) is 11.7 Å². The maximum atomic E-state index is 14.4. The number of rotatable bonds is 4. The summed E-state index contributed by atoms with van der Waals surface area (Å²) in [5.41, 5.74) is -8.18. The van der Waals surface area contributed by atoms with Crippen molar-refractivity contribution in [2.75, 3.05) is 12.4 Å². The van der Waals surface area contributed by atoms with Crippen LogP contribution in [0.25, 0.3) is 5.69 Å². The maximum Gasteiger partial charge on any atom is 0.425 e. The number of aromatic amines is 1. The molecule has 13 heteroatoms. The number of anilines is 1. The Morgan fingerprint density at radius 3 is 2.21 bits per heavy atom. The Bertz CT molecular complexity index is 1410. The van der Waals surface area contributed by atoms with Crippen LogP contribution in [0.15, 0.2) is 58.1 Å². The largest absolute Gasteiger partial charge is 0.497 e. The highest BCUT2D eigenvalue weighted by Gasteiger charge is 2.68. The monoisotopic (exact) mass is 478 g/mol. The Hall–Kier alpha value is -4.42. The minimum Gasteiger partial charge on any atom is -0.497 e. The standard InChI is InChI=1S/C21H14F4N4O5/c1-34-13-8-2-10(3-9-13)16(30)28-20(21(23,24)25)14-15(26-18(20)32)29(19(33)27-17(14)31)12-6-4-11(22)5-7-12/h2-9H,1H3,(H,26,32)(H,28,30)(H,27,31,33). The molecule has 0 aliphatic carbocycles. The highest BCUT2D eigenvalue weighted by atomic mass is 19.4. The first-order valence-electron chi connectivity index (χ1n) is 9.50. The molecule has 2 amide bonds. The molecular weight excluding hydrogens is 464 g/mol. The number of hydrogen-bond donors (Lipinski definition) is 3. The molecule has 4 rings (SSSR count). The zero-order chi connectivity index (χ0) is 24.8. The van der Waals surface area contributed by atoms with E-state index in [-0.39, 0.29) is 11.3 Å². The molecule has 0 radical (unpaired) electrons. The maximum absolute atomic E-state index is 14.4. The van der Waals surface area contributed by atoms with Gasteiger partial charge in [-0.3, -0.25) is 19.4 Å². The van der Waals surface area contributed by atoms with Crippen LogP contribution >= 0.6 is 0 Å². The van der Waals surface area contributed by atoms with E-state index >= 15 is 0 Å². The van der Waals surface area contributed by atoms with Crippen molar-refractivity contribution in [2.24, 2.45) is 0 Å². The van der Waals surface area contributed by atoms with Gasteiger partial charge in [-0.1, -0.05) is 0 Å². The summed E-state index contributed by atoms with van der Waals surface area (Å²) >= 11 is 0. The number of hydrogen-bond acceptors (Lipinski definition) is 5. The van der Waals surface area contributed by atoms with Crippen molar-refractivity contribution in [3.8, 4) is 11.4 Å². The number of fused-ring (bicyclic) bond motifs is 1. The van der Waals surface area contributed by atoms with Crippen molar-refractivity contribution in [3.63, 3.8) is 0 Å². The average molecular weight is 478 g/mol. The van der Waals surface area contributed by atoms with E-state index in [2.05, 4.69) is 0 Å². The van der Waals surface area contributed by atoms with E-state index in [1.807, 2.05) is 5.32 Å². The van der Waals surface area contributed by atoms with Gasteiger partial charge in [-0.2, -0.15) is 13.2 Å².